The Labute approximate surface area is 157 Å². The molecule has 0 saturated carbocycles. The summed E-state index contributed by atoms with van der Waals surface area (Å²) in [5.74, 6) is -1.71. The monoisotopic (exact) mass is 461 g/mol. The van der Waals surface area contributed by atoms with E-state index in [1.807, 2.05) is 0 Å². The van der Waals surface area contributed by atoms with Crippen LogP contribution in [0.3, 0.4) is 0 Å². The van der Waals surface area contributed by atoms with E-state index in [0.29, 0.717) is 0 Å². The number of carbonyl (C=O) groups excluding carboxylic acids is 1. The Morgan fingerprint density at radius 2 is 1.75 bits per heavy atom. The van der Waals surface area contributed by atoms with Gasteiger partial charge in [0.2, 0.25) is 0 Å². The highest BCUT2D eigenvalue weighted by molar-refractivity contribution is 9.10. The lowest BCUT2D eigenvalue weighted by atomic mass is 10.1. The van der Waals surface area contributed by atoms with Crippen LogP contribution < -0.4 is 5.32 Å². The SMILES string of the molecule is O=C(Nc1ccc(Br)cc1C(F)(F)F)c1cc(Cl)c(Cl)c(Cl)c1O. The number of amides is 1. The Balaban J connectivity index is 2.45. The molecule has 0 aliphatic heterocycles. The largest absolute Gasteiger partial charge is 0.505 e. The highest BCUT2D eigenvalue weighted by atomic mass is 79.9. The van der Waals surface area contributed by atoms with E-state index in [1.54, 1.807) is 0 Å². The normalized spacial score (nSPS) is 11.5. The number of hydrogen-bond donors (Lipinski definition) is 2. The zero-order valence-corrected chi connectivity index (χ0v) is 15.2. The third kappa shape index (κ3) is 3.91. The third-order valence-electron chi connectivity index (χ3n) is 2.92. The first-order valence-electron chi connectivity index (χ1n) is 6.07. The predicted molar refractivity (Wildman–Crippen MR) is 90.2 cm³/mol. The molecule has 0 spiro atoms. The Bertz CT molecular complexity index is 828. The minimum absolute atomic E-state index is 0.128. The number of nitrogens with one attached hydrogen (secondary N) is 1. The molecule has 2 rings (SSSR count). The van der Waals surface area contributed by atoms with Gasteiger partial charge in [-0.1, -0.05) is 50.7 Å². The second kappa shape index (κ2) is 7.00. The molecule has 3 nitrogen and oxygen atoms in total. The van der Waals surface area contributed by atoms with Crippen molar-refractivity contribution in [2.45, 2.75) is 6.18 Å². The maximum Gasteiger partial charge on any atom is 0.418 e. The van der Waals surface area contributed by atoms with Crippen molar-refractivity contribution in [2.24, 2.45) is 0 Å². The van der Waals surface area contributed by atoms with E-state index in [9.17, 15) is 23.1 Å². The molecule has 1 amide bonds. The second-order valence-corrected chi connectivity index (χ2v) is 6.60. The van der Waals surface area contributed by atoms with Crippen LogP contribution in [0.15, 0.2) is 28.7 Å². The van der Waals surface area contributed by atoms with Crippen LogP contribution in [0, 0.1) is 0 Å². The Morgan fingerprint density at radius 1 is 1.12 bits per heavy atom. The van der Waals surface area contributed by atoms with Crippen molar-refractivity contribution >= 4 is 62.3 Å². The van der Waals surface area contributed by atoms with Gasteiger partial charge >= 0.3 is 6.18 Å². The van der Waals surface area contributed by atoms with Gasteiger partial charge in [-0.05, 0) is 24.3 Å². The average Bonchev–Trinajstić information content (AvgIpc) is 2.49. The van der Waals surface area contributed by atoms with E-state index >= 15 is 0 Å². The van der Waals surface area contributed by atoms with Crippen LogP contribution in [0.2, 0.25) is 15.1 Å². The molecule has 0 radical (unpaired) electrons. The van der Waals surface area contributed by atoms with Crippen LogP contribution >= 0.6 is 50.7 Å². The number of anilines is 1. The fraction of sp³-hybridized carbons (Fsp3) is 0.0714. The second-order valence-electron chi connectivity index (χ2n) is 4.52. The van der Waals surface area contributed by atoms with Crippen LogP contribution in [0.5, 0.6) is 5.75 Å². The molecular weight excluding hydrogens is 457 g/mol. The molecular formula is C14H6BrCl3F3NO2. The molecule has 0 fully saturated rings. The lowest BCUT2D eigenvalue weighted by Crippen LogP contribution is -2.17. The fourth-order valence-corrected chi connectivity index (χ4v) is 2.77. The molecule has 0 heterocycles. The van der Waals surface area contributed by atoms with Gasteiger partial charge in [-0.2, -0.15) is 13.2 Å². The number of alkyl halides is 3. The Hall–Kier alpha value is -1.15. The summed E-state index contributed by atoms with van der Waals surface area (Å²) < 4.78 is 39.4. The van der Waals surface area contributed by atoms with Crippen LogP contribution in [0.25, 0.3) is 0 Å². The van der Waals surface area contributed by atoms with Crippen LogP contribution in [-0.4, -0.2) is 11.0 Å². The van der Waals surface area contributed by atoms with E-state index in [2.05, 4.69) is 21.2 Å². The van der Waals surface area contributed by atoms with Crippen LogP contribution in [-0.2, 0) is 6.18 Å². The van der Waals surface area contributed by atoms with Crippen molar-refractivity contribution in [2.75, 3.05) is 5.32 Å². The van der Waals surface area contributed by atoms with Gasteiger partial charge in [0.05, 0.1) is 26.9 Å². The first kappa shape index (κ1) is 19.2. The summed E-state index contributed by atoms with van der Waals surface area (Å²) in [5.41, 5.74) is -1.96. The Morgan fingerprint density at radius 3 is 2.33 bits per heavy atom. The zero-order chi connectivity index (χ0) is 18.2. The van der Waals surface area contributed by atoms with Crippen LogP contribution in [0.1, 0.15) is 15.9 Å². The van der Waals surface area contributed by atoms with E-state index in [0.717, 1.165) is 18.2 Å². The number of benzene rings is 2. The molecule has 24 heavy (non-hydrogen) atoms. The molecule has 10 heteroatoms. The van der Waals surface area contributed by atoms with Crippen molar-refractivity contribution in [3.8, 4) is 5.75 Å². The van der Waals surface area contributed by atoms with Gasteiger partial charge < -0.3 is 10.4 Å². The fourth-order valence-electron chi connectivity index (χ4n) is 1.81. The molecule has 2 aromatic rings. The number of hydrogen-bond acceptors (Lipinski definition) is 2. The number of phenols is 1. The molecule has 0 unspecified atom stereocenters. The van der Waals surface area contributed by atoms with Gasteiger partial charge in [0.15, 0.2) is 0 Å². The minimum Gasteiger partial charge on any atom is -0.505 e. The summed E-state index contributed by atoms with van der Waals surface area (Å²) in [6, 6.07) is 4.22. The maximum absolute atomic E-state index is 13.1. The highest BCUT2D eigenvalue weighted by Crippen LogP contribution is 2.40. The quantitative estimate of drug-likeness (QED) is 0.508. The van der Waals surface area contributed by atoms with E-state index in [4.69, 9.17) is 34.8 Å². The van der Waals surface area contributed by atoms with E-state index < -0.39 is 34.6 Å². The molecule has 0 aromatic heterocycles. The van der Waals surface area contributed by atoms with Crippen molar-refractivity contribution in [3.05, 3.63) is 54.9 Å². The molecule has 0 bridgehead atoms. The van der Waals surface area contributed by atoms with Gasteiger partial charge in [0.1, 0.15) is 10.8 Å². The summed E-state index contributed by atoms with van der Waals surface area (Å²) in [6.45, 7) is 0. The third-order valence-corrected chi connectivity index (χ3v) is 4.66. The first-order chi connectivity index (χ1) is 11.0. The summed E-state index contributed by atoms with van der Waals surface area (Å²) >= 11 is 20.1. The van der Waals surface area contributed by atoms with Gasteiger partial charge in [-0.15, -0.1) is 0 Å². The molecule has 0 aliphatic rings. The first-order valence-corrected chi connectivity index (χ1v) is 7.99. The lowest BCUT2D eigenvalue weighted by molar-refractivity contribution is -0.136. The van der Waals surface area contributed by atoms with E-state index in [-0.39, 0.29) is 19.5 Å². The topological polar surface area (TPSA) is 49.3 Å². The minimum atomic E-state index is -4.69. The highest BCUT2D eigenvalue weighted by Gasteiger charge is 2.34. The number of rotatable bonds is 2. The molecule has 0 saturated heterocycles. The van der Waals surface area contributed by atoms with Crippen molar-refractivity contribution in [1.29, 1.82) is 0 Å². The van der Waals surface area contributed by atoms with Crippen molar-refractivity contribution in [1.82, 2.24) is 0 Å². The number of phenolic OH excluding ortho intramolecular Hbond substituents is 1. The summed E-state index contributed by atoms with van der Waals surface area (Å²) in [6.07, 6.45) is -4.69. The smallest absolute Gasteiger partial charge is 0.418 e. The maximum atomic E-state index is 13.1. The van der Waals surface area contributed by atoms with Gasteiger partial charge in [-0.25, -0.2) is 0 Å². The summed E-state index contributed by atoms with van der Waals surface area (Å²) in [7, 11) is 0. The zero-order valence-electron chi connectivity index (χ0n) is 11.3. The number of aromatic hydroxyl groups is 1. The molecule has 0 atom stereocenters. The molecule has 2 aromatic carbocycles. The van der Waals surface area contributed by atoms with Crippen molar-refractivity contribution in [3.63, 3.8) is 0 Å². The average molecular weight is 463 g/mol. The van der Waals surface area contributed by atoms with Gasteiger partial charge in [-0.3, -0.25) is 4.79 Å². The van der Waals surface area contributed by atoms with Crippen molar-refractivity contribution < 1.29 is 23.1 Å². The summed E-state index contributed by atoms with van der Waals surface area (Å²) in [4.78, 5) is 12.2. The summed E-state index contributed by atoms with van der Waals surface area (Å²) in [5, 5.41) is 11.3. The van der Waals surface area contributed by atoms with Crippen LogP contribution in [0.4, 0.5) is 18.9 Å². The molecule has 128 valence electrons. The van der Waals surface area contributed by atoms with Gasteiger partial charge in [0, 0.05) is 4.47 Å². The van der Waals surface area contributed by atoms with E-state index in [1.165, 1.54) is 6.07 Å². The standard InChI is InChI=1S/C14H6BrCl3F3NO2/c15-5-1-2-9(7(3-5)14(19,20)21)22-13(24)6-4-8(16)10(17)11(18)12(6)23/h1-4,23H,(H,22,24). The lowest BCUT2D eigenvalue weighted by Gasteiger charge is -2.15. The number of halogens is 7. The molecule has 0 aliphatic carbocycles. The molecule has 2 N–H and O–H groups in total. The Kier molecular flexibility index (Phi) is 5.59. The number of carbonyl (C=O) groups is 1. The predicted octanol–water partition coefficient (Wildman–Crippen LogP) is 6.39. The van der Waals surface area contributed by atoms with Gasteiger partial charge in [0.25, 0.3) is 5.91 Å².